The summed E-state index contributed by atoms with van der Waals surface area (Å²) in [6, 6.07) is 6.48. The maximum absolute atomic E-state index is 13.3. The Hall–Kier alpha value is -2.28. The molecule has 2 saturated heterocycles. The van der Waals surface area contributed by atoms with Crippen LogP contribution in [-0.2, 0) is 17.8 Å². The summed E-state index contributed by atoms with van der Waals surface area (Å²) >= 11 is 0. The lowest BCUT2D eigenvalue weighted by atomic mass is 9.93. The van der Waals surface area contributed by atoms with E-state index < -0.39 is 0 Å². The number of piperidine rings is 1. The van der Waals surface area contributed by atoms with Gasteiger partial charge in [-0.05, 0) is 62.4 Å². The lowest BCUT2D eigenvalue weighted by molar-refractivity contribution is -0.127. The van der Waals surface area contributed by atoms with Crippen LogP contribution in [0.15, 0.2) is 28.8 Å². The summed E-state index contributed by atoms with van der Waals surface area (Å²) in [5.41, 5.74) is 0.838. The van der Waals surface area contributed by atoms with Gasteiger partial charge < -0.3 is 9.42 Å². The molecule has 28 heavy (non-hydrogen) atoms. The highest BCUT2D eigenvalue weighted by atomic mass is 19.1. The first kappa shape index (κ1) is 19.1. The zero-order valence-electron chi connectivity index (χ0n) is 16.1. The molecule has 0 radical (unpaired) electrons. The molecule has 0 saturated carbocycles. The van der Waals surface area contributed by atoms with E-state index >= 15 is 0 Å². The molecule has 0 unspecified atom stereocenters. The van der Waals surface area contributed by atoms with E-state index in [0.29, 0.717) is 36.5 Å². The molecule has 0 bridgehead atoms. The van der Waals surface area contributed by atoms with Crippen LogP contribution in [0.5, 0.6) is 0 Å². The lowest BCUT2D eigenvalue weighted by Gasteiger charge is -2.31. The number of nitrogens with zero attached hydrogens (tertiary/aromatic N) is 4. The zero-order chi connectivity index (χ0) is 19.3. The molecule has 2 aliphatic heterocycles. The number of halogens is 1. The third-order valence-corrected chi connectivity index (χ3v) is 5.81. The minimum absolute atomic E-state index is 0.252. The maximum atomic E-state index is 13.3. The van der Waals surface area contributed by atoms with Gasteiger partial charge in [-0.1, -0.05) is 17.3 Å². The predicted molar refractivity (Wildman–Crippen MR) is 102 cm³/mol. The molecule has 6 nitrogen and oxygen atoms in total. The fourth-order valence-electron chi connectivity index (χ4n) is 4.16. The van der Waals surface area contributed by atoms with Crippen molar-refractivity contribution in [1.29, 1.82) is 0 Å². The van der Waals surface area contributed by atoms with Gasteiger partial charge in [0, 0.05) is 25.9 Å². The first-order chi connectivity index (χ1) is 13.7. The number of hydrogen-bond donors (Lipinski definition) is 0. The number of amides is 1. The molecule has 2 aliphatic rings. The Morgan fingerprint density at radius 2 is 2.07 bits per heavy atom. The molecule has 2 fully saturated rings. The molecule has 7 heteroatoms. The van der Waals surface area contributed by atoms with E-state index in [1.165, 1.54) is 12.1 Å². The van der Waals surface area contributed by atoms with Gasteiger partial charge in [0.25, 0.3) is 0 Å². The first-order valence-electron chi connectivity index (χ1n) is 10.2. The van der Waals surface area contributed by atoms with Crippen LogP contribution in [-0.4, -0.2) is 52.0 Å². The highest BCUT2D eigenvalue weighted by Crippen LogP contribution is 2.23. The van der Waals surface area contributed by atoms with Crippen LogP contribution < -0.4 is 0 Å². The fourth-order valence-corrected chi connectivity index (χ4v) is 4.16. The maximum Gasteiger partial charge on any atom is 0.240 e. The van der Waals surface area contributed by atoms with E-state index in [1.54, 1.807) is 6.07 Å². The summed E-state index contributed by atoms with van der Waals surface area (Å²) in [7, 11) is 0. The van der Waals surface area contributed by atoms with E-state index in [0.717, 1.165) is 63.8 Å². The minimum atomic E-state index is -0.252. The molecule has 0 spiro atoms. The van der Waals surface area contributed by atoms with Gasteiger partial charge in [-0.2, -0.15) is 4.98 Å². The van der Waals surface area contributed by atoms with E-state index in [4.69, 9.17) is 4.52 Å². The fraction of sp³-hybridized carbons (Fsp3) is 0.571. The Kier molecular flexibility index (Phi) is 6.00. The molecule has 4 rings (SSSR count). The number of carbonyl (C=O) groups excluding carboxylic acids is 1. The molecule has 1 amide bonds. The summed E-state index contributed by atoms with van der Waals surface area (Å²) in [5, 5.41) is 4.03. The predicted octanol–water partition coefficient (Wildman–Crippen LogP) is 3.02. The molecule has 150 valence electrons. The number of rotatable bonds is 7. The molecule has 0 aliphatic carbocycles. The minimum Gasteiger partial charge on any atom is -0.343 e. The number of carbonyl (C=O) groups is 1. The van der Waals surface area contributed by atoms with Gasteiger partial charge in [0.2, 0.25) is 11.8 Å². The van der Waals surface area contributed by atoms with E-state index in [9.17, 15) is 9.18 Å². The van der Waals surface area contributed by atoms with E-state index in [1.807, 2.05) is 11.0 Å². The van der Waals surface area contributed by atoms with Crippen molar-refractivity contribution in [2.45, 2.75) is 45.1 Å². The second-order valence-electron chi connectivity index (χ2n) is 7.90. The summed E-state index contributed by atoms with van der Waals surface area (Å²) in [4.78, 5) is 20.5. The Morgan fingerprint density at radius 1 is 1.21 bits per heavy atom. The van der Waals surface area contributed by atoms with Crippen LogP contribution >= 0.6 is 0 Å². The molecule has 0 atom stereocenters. The number of benzene rings is 1. The van der Waals surface area contributed by atoms with Crippen LogP contribution in [0, 0.1) is 11.7 Å². The third kappa shape index (κ3) is 4.95. The molecule has 2 aromatic rings. The summed E-state index contributed by atoms with van der Waals surface area (Å²) in [6.45, 7) is 4.54. The standard InChI is InChI=1S/C21H27FN4O2/c22-18-4-1-3-17(13-18)14-19-23-20(28-24-19)15-25-10-6-16(7-11-25)8-12-26-9-2-5-21(26)27/h1,3-4,13,16H,2,5-12,14-15H2. The van der Waals surface area contributed by atoms with Crippen molar-refractivity contribution in [3.63, 3.8) is 0 Å². The molecule has 1 aromatic carbocycles. The molecular formula is C21H27FN4O2. The SMILES string of the molecule is O=C1CCCN1CCC1CCN(Cc2nc(Cc3cccc(F)c3)no2)CC1. The van der Waals surface area contributed by atoms with Crippen LogP contribution in [0.2, 0.25) is 0 Å². The van der Waals surface area contributed by atoms with Gasteiger partial charge >= 0.3 is 0 Å². The quantitative estimate of drug-likeness (QED) is 0.732. The van der Waals surface area contributed by atoms with Crippen LogP contribution in [0.4, 0.5) is 4.39 Å². The average molecular weight is 386 g/mol. The molecule has 0 N–H and O–H groups in total. The second kappa shape index (κ2) is 8.82. The Labute approximate surface area is 164 Å². The van der Waals surface area contributed by atoms with E-state index in [-0.39, 0.29) is 5.82 Å². The average Bonchev–Trinajstić information content (AvgIpc) is 3.30. The van der Waals surface area contributed by atoms with Crippen LogP contribution in [0.1, 0.15) is 49.4 Å². The zero-order valence-corrected chi connectivity index (χ0v) is 16.1. The van der Waals surface area contributed by atoms with Crippen LogP contribution in [0.25, 0.3) is 0 Å². The van der Waals surface area contributed by atoms with Crippen molar-refractivity contribution >= 4 is 5.91 Å². The Bertz CT molecular complexity index is 801. The number of likely N-dealkylation sites (tertiary alicyclic amines) is 2. The van der Waals surface area contributed by atoms with Gasteiger partial charge in [-0.25, -0.2) is 4.39 Å². The Balaban J connectivity index is 1.21. The Morgan fingerprint density at radius 3 is 2.82 bits per heavy atom. The van der Waals surface area contributed by atoms with Gasteiger partial charge in [0.15, 0.2) is 5.82 Å². The summed E-state index contributed by atoms with van der Waals surface area (Å²) < 4.78 is 18.7. The molecule has 1 aromatic heterocycles. The molecule has 3 heterocycles. The number of aromatic nitrogens is 2. The third-order valence-electron chi connectivity index (χ3n) is 5.81. The van der Waals surface area contributed by atoms with Crippen molar-refractivity contribution in [2.75, 3.05) is 26.2 Å². The van der Waals surface area contributed by atoms with Gasteiger partial charge in [0.05, 0.1) is 6.54 Å². The monoisotopic (exact) mass is 386 g/mol. The normalized spacial score (nSPS) is 18.9. The number of hydrogen-bond acceptors (Lipinski definition) is 5. The van der Waals surface area contributed by atoms with Crippen molar-refractivity contribution in [2.24, 2.45) is 5.92 Å². The van der Waals surface area contributed by atoms with Gasteiger partial charge in [-0.15, -0.1) is 0 Å². The second-order valence-corrected chi connectivity index (χ2v) is 7.90. The van der Waals surface area contributed by atoms with Crippen molar-refractivity contribution in [1.82, 2.24) is 19.9 Å². The topological polar surface area (TPSA) is 62.5 Å². The largest absolute Gasteiger partial charge is 0.343 e. The highest BCUT2D eigenvalue weighted by Gasteiger charge is 2.24. The molecular weight excluding hydrogens is 359 g/mol. The summed E-state index contributed by atoms with van der Waals surface area (Å²) in [6.07, 6.45) is 5.61. The lowest BCUT2D eigenvalue weighted by Crippen LogP contribution is -2.35. The van der Waals surface area contributed by atoms with Crippen molar-refractivity contribution in [3.8, 4) is 0 Å². The van der Waals surface area contributed by atoms with Crippen LogP contribution in [0.3, 0.4) is 0 Å². The van der Waals surface area contributed by atoms with Gasteiger partial charge in [0.1, 0.15) is 5.82 Å². The van der Waals surface area contributed by atoms with E-state index in [2.05, 4.69) is 15.0 Å². The van der Waals surface area contributed by atoms with Crippen molar-refractivity contribution < 1.29 is 13.7 Å². The smallest absolute Gasteiger partial charge is 0.240 e. The highest BCUT2D eigenvalue weighted by molar-refractivity contribution is 5.77. The first-order valence-corrected chi connectivity index (χ1v) is 10.2. The summed E-state index contributed by atoms with van der Waals surface area (Å²) in [5.74, 6) is 1.97. The van der Waals surface area contributed by atoms with Gasteiger partial charge in [-0.3, -0.25) is 9.69 Å². The van der Waals surface area contributed by atoms with Crippen molar-refractivity contribution in [3.05, 3.63) is 47.4 Å².